The van der Waals surface area contributed by atoms with Crippen LogP contribution in [0.1, 0.15) is 18.9 Å². The molecular weight excluding hydrogens is 442 g/mol. The Morgan fingerprint density at radius 1 is 1.00 bits per heavy atom. The van der Waals surface area contributed by atoms with Gasteiger partial charge in [0.15, 0.2) is 5.60 Å². The lowest BCUT2D eigenvalue weighted by molar-refractivity contribution is -0.138. The molecule has 1 aromatic heterocycles. The summed E-state index contributed by atoms with van der Waals surface area (Å²) in [6, 6.07) is 21.5. The number of aliphatic hydroxyl groups excluding tert-OH is 1. The van der Waals surface area contributed by atoms with E-state index in [2.05, 4.69) is 5.10 Å². The van der Waals surface area contributed by atoms with Gasteiger partial charge in [-0.05, 0) is 42.8 Å². The van der Waals surface area contributed by atoms with Crippen LogP contribution in [0.5, 0.6) is 0 Å². The second-order valence-electron chi connectivity index (χ2n) is 8.62. The minimum absolute atomic E-state index is 0.0248. The van der Waals surface area contributed by atoms with E-state index in [9.17, 15) is 14.7 Å². The lowest BCUT2D eigenvalue weighted by atomic mass is 9.82. The van der Waals surface area contributed by atoms with Gasteiger partial charge in [0.1, 0.15) is 0 Å². The molecule has 3 aromatic carbocycles. The van der Waals surface area contributed by atoms with Crippen molar-refractivity contribution in [3.05, 3.63) is 107 Å². The maximum Gasteiger partial charge on any atom is 0.279 e. The fourth-order valence-electron chi connectivity index (χ4n) is 4.61. The summed E-state index contributed by atoms with van der Waals surface area (Å²) in [5, 5.41) is 26.7. The van der Waals surface area contributed by atoms with Crippen molar-refractivity contribution in [2.45, 2.75) is 18.9 Å². The van der Waals surface area contributed by atoms with Crippen LogP contribution < -0.4 is 10.5 Å². The Bertz CT molecular complexity index is 1500. The van der Waals surface area contributed by atoms with E-state index in [4.69, 9.17) is 5.11 Å². The molecule has 5 rings (SSSR count). The number of amides is 1. The van der Waals surface area contributed by atoms with Gasteiger partial charge in [-0.1, -0.05) is 55.5 Å². The van der Waals surface area contributed by atoms with Crippen LogP contribution in [-0.2, 0) is 10.4 Å². The lowest BCUT2D eigenvalue weighted by Crippen LogP contribution is -2.42. The Balaban J connectivity index is 1.70. The van der Waals surface area contributed by atoms with Crippen molar-refractivity contribution in [1.82, 2.24) is 9.78 Å². The molecule has 2 atom stereocenters. The predicted octanol–water partition coefficient (Wildman–Crippen LogP) is 3.83. The smallest absolute Gasteiger partial charge is 0.279 e. The molecule has 4 aromatic rings. The molecule has 1 aliphatic heterocycles. The molecule has 0 radical (unpaired) electrons. The van der Waals surface area contributed by atoms with Gasteiger partial charge >= 0.3 is 0 Å². The molecule has 0 bridgehead atoms. The maximum atomic E-state index is 13.8. The SMILES string of the molecule is C[C@H](/C=C/CCO)[C@@]1(O)C(=O)N(c2ccccc2)c2ccc(-n3ncc4ccccc4c3=O)cc21. The minimum Gasteiger partial charge on any atom is -0.396 e. The highest BCUT2D eigenvalue weighted by Crippen LogP contribution is 2.48. The molecule has 1 aliphatic rings. The van der Waals surface area contributed by atoms with Crippen molar-refractivity contribution in [3.8, 4) is 5.69 Å². The van der Waals surface area contributed by atoms with Crippen LogP contribution in [0.2, 0.25) is 0 Å². The molecule has 7 nitrogen and oxygen atoms in total. The molecule has 2 N–H and O–H groups in total. The summed E-state index contributed by atoms with van der Waals surface area (Å²) >= 11 is 0. The second kappa shape index (κ2) is 8.94. The molecule has 1 amide bonds. The fourth-order valence-corrected chi connectivity index (χ4v) is 4.61. The van der Waals surface area contributed by atoms with Gasteiger partial charge in [-0.2, -0.15) is 9.78 Å². The number of anilines is 2. The number of hydrogen-bond acceptors (Lipinski definition) is 5. The second-order valence-corrected chi connectivity index (χ2v) is 8.62. The van der Waals surface area contributed by atoms with Gasteiger partial charge in [-0.15, -0.1) is 0 Å². The summed E-state index contributed by atoms with van der Waals surface area (Å²) in [5.41, 5.74) is -0.127. The zero-order chi connectivity index (χ0) is 24.6. The number of carbonyl (C=O) groups is 1. The first-order chi connectivity index (χ1) is 17.0. The summed E-state index contributed by atoms with van der Waals surface area (Å²) in [6.07, 6.45) is 5.53. The average Bonchev–Trinajstić information content (AvgIpc) is 3.12. The molecule has 0 saturated heterocycles. The van der Waals surface area contributed by atoms with E-state index in [1.165, 1.54) is 9.58 Å². The Labute approximate surface area is 202 Å². The highest BCUT2D eigenvalue weighted by Gasteiger charge is 2.53. The lowest BCUT2D eigenvalue weighted by Gasteiger charge is -2.27. The van der Waals surface area contributed by atoms with Crippen LogP contribution in [0.25, 0.3) is 16.5 Å². The first-order valence-corrected chi connectivity index (χ1v) is 11.5. The van der Waals surface area contributed by atoms with Gasteiger partial charge in [0.25, 0.3) is 11.5 Å². The zero-order valence-electron chi connectivity index (χ0n) is 19.2. The maximum absolute atomic E-state index is 13.8. The van der Waals surface area contributed by atoms with Crippen molar-refractivity contribution in [2.24, 2.45) is 5.92 Å². The number of nitrogens with zero attached hydrogens (tertiary/aromatic N) is 3. The third kappa shape index (κ3) is 3.65. The molecule has 0 saturated carbocycles. The molecule has 176 valence electrons. The van der Waals surface area contributed by atoms with E-state index in [0.29, 0.717) is 34.4 Å². The number of benzene rings is 3. The Hall–Kier alpha value is -4.07. The van der Waals surface area contributed by atoms with Gasteiger partial charge in [0.05, 0.1) is 23.0 Å². The summed E-state index contributed by atoms with van der Waals surface area (Å²) in [6.45, 7) is 1.74. The van der Waals surface area contributed by atoms with Crippen molar-refractivity contribution in [3.63, 3.8) is 0 Å². The first kappa shape index (κ1) is 22.7. The number of hydrogen-bond donors (Lipinski definition) is 2. The monoisotopic (exact) mass is 467 g/mol. The summed E-state index contributed by atoms with van der Waals surface area (Å²) in [5.74, 6) is -1.07. The van der Waals surface area contributed by atoms with Gasteiger partial charge < -0.3 is 10.2 Å². The summed E-state index contributed by atoms with van der Waals surface area (Å²) < 4.78 is 1.28. The van der Waals surface area contributed by atoms with Crippen LogP contribution in [0.4, 0.5) is 11.4 Å². The number of carbonyl (C=O) groups excluding carboxylic acids is 1. The van der Waals surface area contributed by atoms with Gasteiger partial charge in [0, 0.05) is 29.2 Å². The van der Waals surface area contributed by atoms with E-state index >= 15 is 0 Å². The van der Waals surface area contributed by atoms with E-state index in [1.807, 2.05) is 42.5 Å². The van der Waals surface area contributed by atoms with E-state index < -0.39 is 17.4 Å². The Morgan fingerprint density at radius 2 is 1.74 bits per heavy atom. The van der Waals surface area contributed by atoms with E-state index in [-0.39, 0.29) is 12.2 Å². The Morgan fingerprint density at radius 3 is 2.51 bits per heavy atom. The number of rotatable bonds is 6. The summed E-state index contributed by atoms with van der Waals surface area (Å²) in [7, 11) is 0. The fraction of sp³-hybridized carbons (Fsp3) is 0.179. The van der Waals surface area contributed by atoms with E-state index in [1.54, 1.807) is 55.6 Å². The number of aromatic nitrogens is 2. The number of para-hydroxylation sites is 1. The topological polar surface area (TPSA) is 95.7 Å². The third-order valence-electron chi connectivity index (χ3n) is 6.50. The van der Waals surface area contributed by atoms with Crippen LogP contribution in [-0.4, -0.2) is 32.5 Å². The standard InChI is InChI=1S/C28H25N3O4/c1-19(9-7-8-16-32)28(35)24-17-22(31-26(33)23-13-6-5-10-20(23)18-29-31)14-15-25(24)30(27(28)34)21-11-3-2-4-12-21/h2-7,9-15,17-19,32,35H,8,16H2,1H3/b9-7+/t19-,28+/m1/s1. The molecule has 0 fully saturated rings. The number of aliphatic hydroxyl groups is 2. The highest BCUT2D eigenvalue weighted by molar-refractivity contribution is 6.12. The first-order valence-electron chi connectivity index (χ1n) is 11.5. The average molecular weight is 468 g/mol. The quantitative estimate of drug-likeness (QED) is 0.420. The van der Waals surface area contributed by atoms with Crippen LogP contribution >= 0.6 is 0 Å². The van der Waals surface area contributed by atoms with Crippen LogP contribution in [0.3, 0.4) is 0 Å². The van der Waals surface area contributed by atoms with Crippen LogP contribution in [0, 0.1) is 5.92 Å². The third-order valence-corrected chi connectivity index (χ3v) is 6.50. The molecular formula is C28H25N3O4. The van der Waals surface area contributed by atoms with Gasteiger partial charge in [-0.3, -0.25) is 14.5 Å². The highest BCUT2D eigenvalue weighted by atomic mass is 16.3. The zero-order valence-corrected chi connectivity index (χ0v) is 19.2. The molecule has 2 heterocycles. The van der Waals surface area contributed by atoms with Crippen molar-refractivity contribution < 1.29 is 15.0 Å². The predicted molar refractivity (Wildman–Crippen MR) is 135 cm³/mol. The van der Waals surface area contributed by atoms with Crippen LogP contribution in [0.15, 0.2) is 95.9 Å². The molecule has 0 spiro atoms. The minimum atomic E-state index is -1.87. The normalized spacial score (nSPS) is 18.4. The Kier molecular flexibility index (Phi) is 5.80. The van der Waals surface area contributed by atoms with Crippen molar-refractivity contribution >= 4 is 28.1 Å². The van der Waals surface area contributed by atoms with E-state index in [0.717, 1.165) is 5.39 Å². The van der Waals surface area contributed by atoms with Crippen molar-refractivity contribution in [1.29, 1.82) is 0 Å². The molecule has 0 aliphatic carbocycles. The van der Waals surface area contributed by atoms with Gasteiger partial charge in [0.2, 0.25) is 0 Å². The van der Waals surface area contributed by atoms with Gasteiger partial charge in [-0.25, -0.2) is 0 Å². The molecule has 7 heteroatoms. The molecule has 35 heavy (non-hydrogen) atoms. The molecule has 0 unspecified atom stereocenters. The number of fused-ring (bicyclic) bond motifs is 2. The van der Waals surface area contributed by atoms with Crippen molar-refractivity contribution in [2.75, 3.05) is 11.5 Å². The largest absolute Gasteiger partial charge is 0.396 e. The summed E-state index contributed by atoms with van der Waals surface area (Å²) in [4.78, 5) is 28.4.